The predicted molar refractivity (Wildman–Crippen MR) is 106 cm³/mol. The number of benzene rings is 2. The summed E-state index contributed by atoms with van der Waals surface area (Å²) in [5.41, 5.74) is 2.62. The Hall–Kier alpha value is -1.91. The normalized spacial score (nSPS) is 16.6. The van der Waals surface area contributed by atoms with Crippen molar-refractivity contribution in [2.75, 3.05) is 26.2 Å². The maximum absolute atomic E-state index is 13.0. The second-order valence-electron chi connectivity index (χ2n) is 6.75. The standard InChI is InChI=1S/C20H22ClN3O2S/c1-16-3-8-19(13-20(16)21)27(25,26)24-10-2-9-23(11-12-24)15-18-6-4-17(14-22)5-7-18/h3-8,13H,2,9-12,15H2,1H3. The van der Waals surface area contributed by atoms with Crippen molar-refractivity contribution in [2.45, 2.75) is 24.8 Å². The van der Waals surface area contributed by atoms with Gasteiger partial charge in [-0.05, 0) is 55.3 Å². The molecule has 0 N–H and O–H groups in total. The molecule has 0 bridgehead atoms. The van der Waals surface area contributed by atoms with Crippen LogP contribution in [0, 0.1) is 18.3 Å². The minimum atomic E-state index is -3.54. The van der Waals surface area contributed by atoms with Crippen LogP contribution in [0.15, 0.2) is 47.4 Å². The Bertz CT molecular complexity index is 952. The first kappa shape index (κ1) is 19.8. The minimum absolute atomic E-state index is 0.249. The van der Waals surface area contributed by atoms with Crippen molar-refractivity contribution in [1.82, 2.24) is 9.21 Å². The number of nitrogens with zero attached hydrogens (tertiary/aromatic N) is 3. The molecule has 0 saturated carbocycles. The molecule has 1 heterocycles. The van der Waals surface area contributed by atoms with Crippen molar-refractivity contribution in [3.63, 3.8) is 0 Å². The molecule has 7 heteroatoms. The van der Waals surface area contributed by atoms with E-state index in [1.807, 2.05) is 31.2 Å². The molecule has 2 aromatic rings. The van der Waals surface area contributed by atoms with Crippen molar-refractivity contribution in [2.24, 2.45) is 0 Å². The molecule has 1 saturated heterocycles. The summed E-state index contributed by atoms with van der Waals surface area (Å²) in [6, 6.07) is 14.5. The molecule has 0 spiro atoms. The van der Waals surface area contributed by atoms with E-state index in [4.69, 9.17) is 16.9 Å². The fraction of sp³-hybridized carbons (Fsp3) is 0.350. The Morgan fingerprint density at radius 1 is 1.07 bits per heavy atom. The van der Waals surface area contributed by atoms with Crippen molar-refractivity contribution in [3.8, 4) is 6.07 Å². The highest BCUT2D eigenvalue weighted by molar-refractivity contribution is 7.89. The second kappa shape index (κ2) is 8.41. The smallest absolute Gasteiger partial charge is 0.243 e. The zero-order chi connectivity index (χ0) is 19.4. The number of hydrogen-bond donors (Lipinski definition) is 0. The SMILES string of the molecule is Cc1ccc(S(=O)(=O)N2CCCN(Cc3ccc(C#N)cc3)CC2)cc1Cl. The van der Waals surface area contributed by atoms with Gasteiger partial charge in [-0.3, -0.25) is 4.90 Å². The third-order valence-corrected chi connectivity index (χ3v) is 7.12. The van der Waals surface area contributed by atoms with Gasteiger partial charge in [-0.15, -0.1) is 0 Å². The van der Waals surface area contributed by atoms with Gasteiger partial charge in [-0.1, -0.05) is 29.8 Å². The monoisotopic (exact) mass is 403 g/mol. The number of halogens is 1. The first-order chi connectivity index (χ1) is 12.9. The quantitative estimate of drug-likeness (QED) is 0.784. The molecular formula is C20H22ClN3O2S. The Balaban J connectivity index is 1.68. The lowest BCUT2D eigenvalue weighted by molar-refractivity contribution is 0.278. The van der Waals surface area contributed by atoms with Gasteiger partial charge < -0.3 is 0 Å². The zero-order valence-electron chi connectivity index (χ0n) is 15.2. The van der Waals surface area contributed by atoms with Crippen molar-refractivity contribution in [3.05, 3.63) is 64.2 Å². The lowest BCUT2D eigenvalue weighted by atomic mass is 10.1. The summed E-state index contributed by atoms with van der Waals surface area (Å²) in [6.45, 7) is 5.04. The van der Waals surface area contributed by atoms with Crippen molar-refractivity contribution < 1.29 is 8.42 Å². The summed E-state index contributed by atoms with van der Waals surface area (Å²) in [5, 5.41) is 9.35. The maximum atomic E-state index is 13.0. The van der Waals surface area contributed by atoms with Crippen LogP contribution in [0.5, 0.6) is 0 Å². The molecule has 2 aromatic carbocycles. The summed E-state index contributed by atoms with van der Waals surface area (Å²) in [4.78, 5) is 2.50. The van der Waals surface area contributed by atoms with Crippen LogP contribution in [0.2, 0.25) is 5.02 Å². The molecule has 0 amide bonds. The van der Waals surface area contributed by atoms with E-state index >= 15 is 0 Å². The molecule has 27 heavy (non-hydrogen) atoms. The second-order valence-corrected chi connectivity index (χ2v) is 9.10. The third-order valence-electron chi connectivity index (χ3n) is 4.82. The number of hydrogen-bond acceptors (Lipinski definition) is 4. The molecule has 0 aromatic heterocycles. The fourth-order valence-electron chi connectivity index (χ4n) is 3.17. The van der Waals surface area contributed by atoms with Crippen LogP contribution in [-0.2, 0) is 16.6 Å². The maximum Gasteiger partial charge on any atom is 0.243 e. The molecule has 5 nitrogen and oxygen atoms in total. The van der Waals surface area contributed by atoms with Crippen molar-refractivity contribution in [1.29, 1.82) is 5.26 Å². The minimum Gasteiger partial charge on any atom is -0.298 e. The van der Waals surface area contributed by atoms with Crippen LogP contribution in [-0.4, -0.2) is 43.8 Å². The van der Waals surface area contributed by atoms with Crippen molar-refractivity contribution >= 4 is 21.6 Å². The van der Waals surface area contributed by atoms with E-state index in [2.05, 4.69) is 11.0 Å². The largest absolute Gasteiger partial charge is 0.298 e. The average Bonchev–Trinajstić information content (AvgIpc) is 2.90. The highest BCUT2D eigenvalue weighted by atomic mass is 35.5. The third kappa shape index (κ3) is 4.69. The molecule has 0 atom stereocenters. The first-order valence-corrected chi connectivity index (χ1v) is 10.7. The Labute approximate surface area is 165 Å². The number of aryl methyl sites for hydroxylation is 1. The van der Waals surface area contributed by atoms with E-state index in [0.717, 1.165) is 30.6 Å². The summed E-state index contributed by atoms with van der Waals surface area (Å²) >= 11 is 6.11. The van der Waals surface area contributed by atoms with Gasteiger partial charge in [0.25, 0.3) is 0 Å². The van der Waals surface area contributed by atoms with Gasteiger partial charge in [0.2, 0.25) is 10.0 Å². The van der Waals surface area contributed by atoms with Gasteiger partial charge in [0.05, 0.1) is 16.5 Å². The first-order valence-electron chi connectivity index (χ1n) is 8.88. The lowest BCUT2D eigenvalue weighted by Crippen LogP contribution is -2.35. The average molecular weight is 404 g/mol. The van der Waals surface area contributed by atoms with Crippen LogP contribution in [0.25, 0.3) is 0 Å². The number of rotatable bonds is 4. The van der Waals surface area contributed by atoms with Crippen LogP contribution >= 0.6 is 11.6 Å². The van der Waals surface area contributed by atoms with Gasteiger partial charge in [-0.2, -0.15) is 9.57 Å². The van der Waals surface area contributed by atoms with Gasteiger partial charge in [0, 0.05) is 31.2 Å². The van der Waals surface area contributed by atoms with Gasteiger partial charge >= 0.3 is 0 Å². The van der Waals surface area contributed by atoms with Gasteiger partial charge in [-0.25, -0.2) is 8.42 Å². The molecule has 0 unspecified atom stereocenters. The summed E-state index contributed by atoms with van der Waals surface area (Å²) in [6.07, 6.45) is 0.773. The Morgan fingerprint density at radius 3 is 2.48 bits per heavy atom. The molecular weight excluding hydrogens is 382 g/mol. The molecule has 3 rings (SSSR count). The van der Waals surface area contributed by atoms with Gasteiger partial charge in [0.15, 0.2) is 0 Å². The molecule has 1 aliphatic heterocycles. The van der Waals surface area contributed by atoms with E-state index in [-0.39, 0.29) is 4.90 Å². The fourth-order valence-corrected chi connectivity index (χ4v) is 4.91. The molecule has 1 aliphatic rings. The van der Waals surface area contributed by atoms with Crippen LogP contribution in [0.1, 0.15) is 23.1 Å². The van der Waals surface area contributed by atoms with E-state index < -0.39 is 10.0 Å². The highest BCUT2D eigenvalue weighted by Crippen LogP contribution is 2.24. The number of sulfonamides is 1. The number of nitriles is 1. The summed E-state index contributed by atoms with van der Waals surface area (Å²) < 4.78 is 27.5. The Kier molecular flexibility index (Phi) is 6.18. The zero-order valence-corrected chi connectivity index (χ0v) is 16.8. The van der Waals surface area contributed by atoms with E-state index in [9.17, 15) is 8.42 Å². The van der Waals surface area contributed by atoms with E-state index in [1.165, 1.54) is 6.07 Å². The van der Waals surface area contributed by atoms with E-state index in [0.29, 0.717) is 30.2 Å². The molecule has 142 valence electrons. The van der Waals surface area contributed by atoms with E-state index in [1.54, 1.807) is 16.4 Å². The highest BCUT2D eigenvalue weighted by Gasteiger charge is 2.27. The van der Waals surface area contributed by atoms with Crippen LogP contribution in [0.4, 0.5) is 0 Å². The summed E-state index contributed by atoms with van der Waals surface area (Å²) in [7, 11) is -3.54. The molecule has 0 radical (unpaired) electrons. The molecule has 0 aliphatic carbocycles. The Morgan fingerprint density at radius 2 is 1.81 bits per heavy atom. The molecule has 1 fully saturated rings. The topological polar surface area (TPSA) is 64.4 Å². The predicted octanol–water partition coefficient (Wildman–Crippen LogP) is 3.42. The lowest BCUT2D eigenvalue weighted by Gasteiger charge is -2.22. The van der Waals surface area contributed by atoms with Gasteiger partial charge in [0.1, 0.15) is 0 Å². The summed E-state index contributed by atoms with van der Waals surface area (Å²) in [5.74, 6) is 0. The van der Waals surface area contributed by atoms with Crippen LogP contribution < -0.4 is 0 Å². The van der Waals surface area contributed by atoms with Crippen LogP contribution in [0.3, 0.4) is 0 Å².